The third-order valence-corrected chi connectivity index (χ3v) is 3.20. The lowest BCUT2D eigenvalue weighted by Crippen LogP contribution is -2.02. The van der Waals surface area contributed by atoms with Gasteiger partial charge in [-0.15, -0.1) is 0 Å². The maximum Gasteiger partial charge on any atom is 0.311 e. The average Bonchev–Trinajstić information content (AvgIpc) is 2.45. The lowest BCUT2D eigenvalue weighted by Gasteiger charge is -2.07. The predicted molar refractivity (Wildman–Crippen MR) is 82.8 cm³/mol. The summed E-state index contributed by atoms with van der Waals surface area (Å²) in [7, 11) is 0. The van der Waals surface area contributed by atoms with Gasteiger partial charge in [-0.1, -0.05) is 23.7 Å². The van der Waals surface area contributed by atoms with Crippen LogP contribution in [0.25, 0.3) is 0 Å². The van der Waals surface area contributed by atoms with E-state index < -0.39 is 4.92 Å². The summed E-state index contributed by atoms with van der Waals surface area (Å²) in [6.07, 6.45) is 1.56. The Hall–Kier alpha value is -2.27. The van der Waals surface area contributed by atoms with Gasteiger partial charge in [-0.05, 0) is 36.6 Å². The molecule has 0 heterocycles. The number of halogens is 1. The van der Waals surface area contributed by atoms with E-state index >= 15 is 0 Å². The van der Waals surface area contributed by atoms with Crippen molar-refractivity contribution in [3.63, 3.8) is 0 Å². The van der Waals surface area contributed by atoms with Crippen LogP contribution in [0.5, 0.6) is 5.75 Å². The predicted octanol–water partition coefficient (Wildman–Crippen LogP) is 3.84. The first kappa shape index (κ1) is 15.1. The summed E-state index contributed by atoms with van der Waals surface area (Å²) in [4.78, 5) is 10.4. The number of nitro groups is 1. The minimum absolute atomic E-state index is 0.0770. The first-order valence-electron chi connectivity index (χ1n) is 6.47. The monoisotopic (exact) mass is 306 g/mol. The van der Waals surface area contributed by atoms with Crippen molar-refractivity contribution in [2.75, 3.05) is 12.3 Å². The molecule has 21 heavy (non-hydrogen) atoms. The van der Waals surface area contributed by atoms with E-state index in [0.29, 0.717) is 11.6 Å². The lowest BCUT2D eigenvalue weighted by atomic mass is 10.1. The number of nitrogens with zero attached hydrogens (tertiary/aromatic N) is 1. The fourth-order valence-electron chi connectivity index (χ4n) is 1.90. The third kappa shape index (κ3) is 4.36. The summed E-state index contributed by atoms with van der Waals surface area (Å²) < 4.78 is 5.47. The van der Waals surface area contributed by atoms with Gasteiger partial charge in [-0.25, -0.2) is 0 Å². The highest BCUT2D eigenvalue weighted by Crippen LogP contribution is 2.30. The molecule has 0 aliphatic carbocycles. The molecule has 2 aromatic rings. The minimum atomic E-state index is -0.481. The van der Waals surface area contributed by atoms with Crippen LogP contribution in [-0.4, -0.2) is 11.5 Å². The van der Waals surface area contributed by atoms with Gasteiger partial charge < -0.3 is 10.5 Å². The SMILES string of the molecule is Nc1ccc(CCCOc2cc(Cl)ccc2[N+](=O)[O-])cc1. The van der Waals surface area contributed by atoms with Crippen molar-refractivity contribution < 1.29 is 9.66 Å². The van der Waals surface area contributed by atoms with Crippen molar-refractivity contribution in [3.05, 3.63) is 63.2 Å². The standard InChI is InChI=1S/C15H15ClN2O3/c16-12-5-8-14(18(19)20)15(10-12)21-9-1-2-11-3-6-13(17)7-4-11/h3-8,10H,1-2,9,17H2. The maximum atomic E-state index is 10.9. The van der Waals surface area contributed by atoms with Crippen LogP contribution in [0.4, 0.5) is 11.4 Å². The van der Waals surface area contributed by atoms with Crippen molar-refractivity contribution in [3.8, 4) is 5.75 Å². The Morgan fingerprint density at radius 1 is 1.19 bits per heavy atom. The summed E-state index contributed by atoms with van der Waals surface area (Å²) in [5.74, 6) is 0.199. The van der Waals surface area contributed by atoms with E-state index in [2.05, 4.69) is 0 Å². The van der Waals surface area contributed by atoms with Crippen LogP contribution >= 0.6 is 11.6 Å². The Balaban J connectivity index is 1.90. The molecule has 0 radical (unpaired) electrons. The highest BCUT2D eigenvalue weighted by molar-refractivity contribution is 6.30. The van der Waals surface area contributed by atoms with Gasteiger partial charge in [0.2, 0.25) is 0 Å². The van der Waals surface area contributed by atoms with Crippen LogP contribution in [-0.2, 0) is 6.42 Å². The van der Waals surface area contributed by atoms with E-state index in [1.807, 2.05) is 24.3 Å². The van der Waals surface area contributed by atoms with E-state index in [-0.39, 0.29) is 11.4 Å². The van der Waals surface area contributed by atoms with Crippen LogP contribution < -0.4 is 10.5 Å². The van der Waals surface area contributed by atoms with Crippen LogP contribution in [0.3, 0.4) is 0 Å². The summed E-state index contributed by atoms with van der Waals surface area (Å²) in [6.45, 7) is 0.381. The van der Waals surface area contributed by atoms with Crippen LogP contribution in [0, 0.1) is 10.1 Å². The molecule has 0 aliphatic heterocycles. The summed E-state index contributed by atoms with van der Waals surface area (Å²) >= 11 is 5.83. The van der Waals surface area contributed by atoms with Gasteiger partial charge >= 0.3 is 5.69 Å². The number of aryl methyl sites for hydroxylation is 1. The second-order valence-corrected chi connectivity index (χ2v) is 5.00. The molecule has 0 amide bonds. The number of nitrogen functional groups attached to an aromatic ring is 1. The zero-order valence-electron chi connectivity index (χ0n) is 11.3. The normalized spacial score (nSPS) is 10.3. The summed E-state index contributed by atoms with van der Waals surface area (Å²) in [6, 6.07) is 11.9. The minimum Gasteiger partial charge on any atom is -0.487 e. The number of nitro benzene ring substituents is 1. The quantitative estimate of drug-likeness (QED) is 0.380. The fourth-order valence-corrected chi connectivity index (χ4v) is 2.06. The van der Waals surface area contributed by atoms with Gasteiger partial charge in [0.25, 0.3) is 0 Å². The molecule has 0 unspecified atom stereocenters. The molecule has 2 N–H and O–H groups in total. The van der Waals surface area contributed by atoms with Crippen molar-refractivity contribution in [1.29, 1.82) is 0 Å². The zero-order valence-corrected chi connectivity index (χ0v) is 12.0. The molecular weight excluding hydrogens is 292 g/mol. The topological polar surface area (TPSA) is 78.4 Å². The first-order chi connectivity index (χ1) is 10.1. The van der Waals surface area contributed by atoms with Crippen LogP contribution in [0.2, 0.25) is 5.02 Å². The second-order valence-electron chi connectivity index (χ2n) is 4.56. The molecule has 0 saturated carbocycles. The molecule has 0 atom stereocenters. The highest BCUT2D eigenvalue weighted by atomic mass is 35.5. The first-order valence-corrected chi connectivity index (χ1v) is 6.85. The molecule has 110 valence electrons. The Bertz CT molecular complexity index is 629. The van der Waals surface area contributed by atoms with Crippen molar-refractivity contribution in [2.45, 2.75) is 12.8 Å². The molecule has 5 nitrogen and oxygen atoms in total. The molecule has 2 aromatic carbocycles. The largest absolute Gasteiger partial charge is 0.487 e. The van der Waals surface area contributed by atoms with Crippen molar-refractivity contribution >= 4 is 23.0 Å². The second kappa shape index (κ2) is 6.95. The molecule has 0 bridgehead atoms. The van der Waals surface area contributed by atoms with Crippen molar-refractivity contribution in [2.24, 2.45) is 0 Å². The molecule has 0 fully saturated rings. The lowest BCUT2D eigenvalue weighted by molar-refractivity contribution is -0.385. The van der Waals surface area contributed by atoms with E-state index in [4.69, 9.17) is 22.1 Å². The summed E-state index contributed by atoms with van der Waals surface area (Å²) in [5, 5.41) is 11.3. The van der Waals surface area contributed by atoms with E-state index in [9.17, 15) is 10.1 Å². The Morgan fingerprint density at radius 2 is 1.90 bits per heavy atom. The number of hydrogen-bond acceptors (Lipinski definition) is 4. The van der Waals surface area contributed by atoms with Crippen molar-refractivity contribution in [1.82, 2.24) is 0 Å². The van der Waals surface area contributed by atoms with Gasteiger partial charge in [-0.3, -0.25) is 10.1 Å². The van der Waals surface area contributed by atoms with Gasteiger partial charge in [-0.2, -0.15) is 0 Å². The molecular formula is C15H15ClN2O3. The molecule has 0 aromatic heterocycles. The Labute approximate surface area is 127 Å². The van der Waals surface area contributed by atoms with Gasteiger partial charge in [0.05, 0.1) is 11.5 Å². The van der Waals surface area contributed by atoms with Crippen LogP contribution in [0.15, 0.2) is 42.5 Å². The number of nitrogens with two attached hydrogens (primary N) is 1. The molecule has 2 rings (SSSR count). The molecule has 0 spiro atoms. The Morgan fingerprint density at radius 3 is 2.57 bits per heavy atom. The smallest absolute Gasteiger partial charge is 0.311 e. The number of benzene rings is 2. The molecule has 6 heteroatoms. The van der Waals surface area contributed by atoms with Gasteiger partial charge in [0.1, 0.15) is 0 Å². The van der Waals surface area contributed by atoms with E-state index in [1.54, 1.807) is 0 Å². The number of anilines is 1. The number of ether oxygens (including phenoxy) is 1. The number of hydrogen-bond donors (Lipinski definition) is 1. The van der Waals surface area contributed by atoms with Crippen LogP contribution in [0.1, 0.15) is 12.0 Å². The average molecular weight is 307 g/mol. The maximum absolute atomic E-state index is 10.9. The highest BCUT2D eigenvalue weighted by Gasteiger charge is 2.15. The zero-order chi connectivity index (χ0) is 15.2. The van der Waals surface area contributed by atoms with E-state index in [1.165, 1.54) is 18.2 Å². The molecule has 0 aliphatic rings. The third-order valence-electron chi connectivity index (χ3n) is 2.97. The van der Waals surface area contributed by atoms with Gasteiger partial charge in [0.15, 0.2) is 5.75 Å². The molecule has 0 saturated heterocycles. The Kier molecular flexibility index (Phi) is 5.00. The fraction of sp³-hybridized carbons (Fsp3) is 0.200. The van der Waals surface area contributed by atoms with Gasteiger partial charge in [0, 0.05) is 22.8 Å². The summed E-state index contributed by atoms with van der Waals surface area (Å²) in [5.41, 5.74) is 7.41. The number of rotatable bonds is 6. The van der Waals surface area contributed by atoms with E-state index in [0.717, 1.165) is 24.1 Å².